The first-order valence-corrected chi connectivity index (χ1v) is 7.75. The number of nitrogens with one attached hydrogen (secondary N) is 2. The molecule has 1 aromatic carbocycles. The van der Waals surface area contributed by atoms with E-state index in [1.807, 2.05) is 6.07 Å². The molecule has 0 aliphatic rings. The Kier molecular flexibility index (Phi) is 8.06. The zero-order valence-electron chi connectivity index (χ0n) is 13.8. The predicted octanol–water partition coefficient (Wildman–Crippen LogP) is 1.14. The van der Waals surface area contributed by atoms with Gasteiger partial charge >= 0.3 is 5.97 Å². The number of amides is 2. The van der Waals surface area contributed by atoms with E-state index in [0.717, 1.165) is 0 Å². The molecule has 0 bridgehead atoms. The molecule has 0 aliphatic heterocycles. The van der Waals surface area contributed by atoms with Gasteiger partial charge < -0.3 is 15.7 Å². The maximum absolute atomic E-state index is 13.0. The van der Waals surface area contributed by atoms with E-state index in [1.54, 1.807) is 0 Å². The Balaban J connectivity index is 2.80. The van der Waals surface area contributed by atoms with E-state index >= 15 is 0 Å². The highest BCUT2D eigenvalue weighted by Crippen LogP contribution is 2.08. The summed E-state index contributed by atoms with van der Waals surface area (Å²) in [5.74, 6) is -2.73. The number of hydrogen-bond donors (Lipinski definition) is 3. The van der Waals surface area contributed by atoms with Gasteiger partial charge in [0.2, 0.25) is 11.8 Å². The standard InChI is InChI=1S/C17H20FN3O4/c1-11(22)20-15(10-12-5-7-13(18)8-6-12)16(23)21-14(17(24)25)4-2-3-9-19/h5-8,14-15H,2-4,10H2,1H3,(H,20,22)(H,21,23)(H,24,25)/t14-,15+/m1/s1. The minimum absolute atomic E-state index is 0.0935. The van der Waals surface area contributed by atoms with Crippen molar-refractivity contribution >= 4 is 17.8 Å². The molecule has 1 aromatic rings. The van der Waals surface area contributed by atoms with Crippen LogP contribution >= 0.6 is 0 Å². The topological polar surface area (TPSA) is 119 Å². The molecular formula is C17H20FN3O4. The average Bonchev–Trinajstić information content (AvgIpc) is 2.54. The van der Waals surface area contributed by atoms with Gasteiger partial charge in [-0.3, -0.25) is 9.59 Å². The van der Waals surface area contributed by atoms with E-state index in [9.17, 15) is 23.9 Å². The summed E-state index contributed by atoms with van der Waals surface area (Å²) in [5.41, 5.74) is 0.617. The van der Waals surface area contributed by atoms with Crippen molar-refractivity contribution in [2.24, 2.45) is 0 Å². The molecule has 2 atom stereocenters. The van der Waals surface area contributed by atoms with Gasteiger partial charge in [-0.25, -0.2) is 9.18 Å². The summed E-state index contributed by atoms with van der Waals surface area (Å²) >= 11 is 0. The molecule has 0 radical (unpaired) electrons. The van der Waals surface area contributed by atoms with E-state index in [0.29, 0.717) is 12.0 Å². The van der Waals surface area contributed by atoms with E-state index in [2.05, 4.69) is 10.6 Å². The largest absolute Gasteiger partial charge is 0.480 e. The average molecular weight is 349 g/mol. The Labute approximate surface area is 144 Å². The van der Waals surface area contributed by atoms with E-state index in [1.165, 1.54) is 31.2 Å². The van der Waals surface area contributed by atoms with E-state index < -0.39 is 35.7 Å². The lowest BCUT2D eigenvalue weighted by Crippen LogP contribution is -2.52. The summed E-state index contributed by atoms with van der Waals surface area (Å²) < 4.78 is 13.0. The smallest absolute Gasteiger partial charge is 0.326 e. The van der Waals surface area contributed by atoms with Gasteiger partial charge in [0.05, 0.1) is 6.07 Å². The molecule has 0 heterocycles. The molecule has 7 nitrogen and oxygen atoms in total. The molecule has 0 saturated carbocycles. The summed E-state index contributed by atoms with van der Waals surface area (Å²) in [6.07, 6.45) is 0.717. The fraction of sp³-hybridized carbons (Fsp3) is 0.412. The summed E-state index contributed by atoms with van der Waals surface area (Å²) in [6, 6.07) is 5.22. The van der Waals surface area contributed by atoms with Crippen molar-refractivity contribution in [2.75, 3.05) is 0 Å². The molecule has 1 rings (SSSR count). The highest BCUT2D eigenvalue weighted by Gasteiger charge is 2.25. The van der Waals surface area contributed by atoms with Crippen LogP contribution in [0.3, 0.4) is 0 Å². The van der Waals surface area contributed by atoms with E-state index in [-0.39, 0.29) is 19.3 Å². The number of aliphatic carboxylic acids is 1. The lowest BCUT2D eigenvalue weighted by molar-refractivity contribution is -0.142. The monoisotopic (exact) mass is 349 g/mol. The molecule has 0 aliphatic carbocycles. The highest BCUT2D eigenvalue weighted by molar-refractivity contribution is 5.90. The van der Waals surface area contributed by atoms with Crippen LogP contribution in [0, 0.1) is 17.1 Å². The van der Waals surface area contributed by atoms with Crippen LogP contribution in [0.5, 0.6) is 0 Å². The SMILES string of the molecule is CC(=O)N[C@@H](Cc1ccc(F)cc1)C(=O)N[C@H](CCCC#N)C(=O)O. The Bertz CT molecular complexity index is 655. The summed E-state index contributed by atoms with van der Waals surface area (Å²) in [4.78, 5) is 34.9. The van der Waals surface area contributed by atoms with Crippen molar-refractivity contribution in [3.63, 3.8) is 0 Å². The molecule has 134 valence electrons. The van der Waals surface area contributed by atoms with Gasteiger partial charge in [-0.2, -0.15) is 5.26 Å². The quantitative estimate of drug-likeness (QED) is 0.578. The van der Waals surface area contributed by atoms with Gasteiger partial charge in [0.1, 0.15) is 17.9 Å². The van der Waals surface area contributed by atoms with Crippen LogP contribution in [-0.2, 0) is 20.8 Å². The Morgan fingerprint density at radius 2 is 1.84 bits per heavy atom. The first-order chi connectivity index (χ1) is 11.8. The lowest BCUT2D eigenvalue weighted by atomic mass is 10.0. The number of unbranched alkanes of at least 4 members (excludes halogenated alkanes) is 1. The number of carbonyl (C=O) groups is 3. The number of nitrogens with zero attached hydrogens (tertiary/aromatic N) is 1. The van der Waals surface area contributed by atoms with Crippen molar-refractivity contribution in [1.82, 2.24) is 10.6 Å². The van der Waals surface area contributed by atoms with Crippen LogP contribution in [0.15, 0.2) is 24.3 Å². The van der Waals surface area contributed by atoms with Gasteiger partial charge in [-0.15, -0.1) is 0 Å². The van der Waals surface area contributed by atoms with Crippen LogP contribution < -0.4 is 10.6 Å². The second-order valence-electron chi connectivity index (χ2n) is 5.53. The maximum atomic E-state index is 13.0. The molecular weight excluding hydrogens is 329 g/mol. The lowest BCUT2D eigenvalue weighted by Gasteiger charge is -2.21. The van der Waals surface area contributed by atoms with Crippen molar-refractivity contribution < 1.29 is 23.9 Å². The number of nitriles is 1. The van der Waals surface area contributed by atoms with E-state index in [4.69, 9.17) is 5.26 Å². The summed E-state index contributed by atoms with van der Waals surface area (Å²) in [7, 11) is 0. The fourth-order valence-corrected chi connectivity index (χ4v) is 2.23. The Morgan fingerprint density at radius 3 is 2.36 bits per heavy atom. The van der Waals surface area contributed by atoms with Crippen molar-refractivity contribution in [1.29, 1.82) is 5.26 Å². The van der Waals surface area contributed by atoms with Crippen molar-refractivity contribution in [3.05, 3.63) is 35.6 Å². The number of hydrogen-bond acceptors (Lipinski definition) is 4. The number of rotatable bonds is 9. The van der Waals surface area contributed by atoms with Gasteiger partial charge in [0, 0.05) is 19.8 Å². The third-order valence-corrected chi connectivity index (χ3v) is 3.44. The van der Waals surface area contributed by atoms with Gasteiger partial charge in [-0.1, -0.05) is 12.1 Å². The van der Waals surface area contributed by atoms with Gasteiger partial charge in [0.25, 0.3) is 0 Å². The van der Waals surface area contributed by atoms with Gasteiger partial charge in [-0.05, 0) is 30.5 Å². The number of benzene rings is 1. The molecule has 0 fully saturated rings. The molecule has 0 aromatic heterocycles. The third kappa shape index (κ3) is 7.44. The molecule has 2 amide bonds. The zero-order chi connectivity index (χ0) is 18.8. The maximum Gasteiger partial charge on any atom is 0.326 e. The molecule has 0 saturated heterocycles. The fourth-order valence-electron chi connectivity index (χ4n) is 2.23. The van der Waals surface area contributed by atoms with Crippen molar-refractivity contribution in [2.45, 2.75) is 44.7 Å². The molecule has 3 N–H and O–H groups in total. The normalized spacial score (nSPS) is 12.5. The second kappa shape index (κ2) is 10.0. The minimum atomic E-state index is -1.21. The molecule has 8 heteroatoms. The number of halogens is 1. The zero-order valence-corrected chi connectivity index (χ0v) is 13.8. The predicted molar refractivity (Wildman–Crippen MR) is 86.7 cm³/mol. The second-order valence-corrected chi connectivity index (χ2v) is 5.53. The van der Waals surface area contributed by atoms with Gasteiger partial charge in [0.15, 0.2) is 0 Å². The van der Waals surface area contributed by atoms with Crippen LogP contribution in [0.4, 0.5) is 4.39 Å². The summed E-state index contributed by atoms with van der Waals surface area (Å²) in [6.45, 7) is 1.24. The number of carboxylic acids is 1. The first kappa shape index (κ1) is 20.1. The van der Waals surface area contributed by atoms with Crippen LogP contribution in [0.1, 0.15) is 31.7 Å². The molecule has 25 heavy (non-hydrogen) atoms. The molecule has 0 spiro atoms. The number of carboxylic acid groups (broad SMARTS) is 1. The molecule has 0 unspecified atom stereocenters. The van der Waals surface area contributed by atoms with Crippen LogP contribution in [0.25, 0.3) is 0 Å². The van der Waals surface area contributed by atoms with Crippen molar-refractivity contribution in [3.8, 4) is 6.07 Å². The highest BCUT2D eigenvalue weighted by atomic mass is 19.1. The first-order valence-electron chi connectivity index (χ1n) is 7.75. The third-order valence-electron chi connectivity index (χ3n) is 3.44. The summed E-state index contributed by atoms with van der Waals surface area (Å²) in [5, 5.41) is 22.5. The number of carbonyl (C=O) groups excluding carboxylic acids is 2. The Morgan fingerprint density at radius 1 is 1.20 bits per heavy atom. The minimum Gasteiger partial charge on any atom is -0.480 e. The Hall–Kier alpha value is -2.95. The van der Waals surface area contributed by atoms with Crippen LogP contribution in [-0.4, -0.2) is 35.0 Å². The van der Waals surface area contributed by atoms with Crippen LogP contribution in [0.2, 0.25) is 0 Å².